The molecule has 5 heteroatoms. The predicted molar refractivity (Wildman–Crippen MR) is 105 cm³/mol. The van der Waals surface area contributed by atoms with Crippen molar-refractivity contribution < 1.29 is 19.0 Å². The van der Waals surface area contributed by atoms with E-state index in [4.69, 9.17) is 14.2 Å². The first-order chi connectivity index (χ1) is 13.0. The van der Waals surface area contributed by atoms with Gasteiger partial charge in [-0.25, -0.2) is 0 Å². The average Bonchev–Trinajstić information content (AvgIpc) is 3.18. The molecule has 5 nitrogen and oxygen atoms in total. The van der Waals surface area contributed by atoms with Crippen molar-refractivity contribution in [2.24, 2.45) is 0 Å². The molecular weight excluding hydrogens is 342 g/mol. The van der Waals surface area contributed by atoms with Gasteiger partial charge < -0.3 is 19.2 Å². The largest absolute Gasteiger partial charge is 0.493 e. The lowest BCUT2D eigenvalue weighted by molar-refractivity contribution is 0.103. The number of aromatic amines is 1. The normalized spacial score (nSPS) is 10.6. The number of methoxy groups -OCH3 is 3. The van der Waals surface area contributed by atoms with Gasteiger partial charge in [-0.2, -0.15) is 0 Å². The quantitative estimate of drug-likeness (QED) is 0.651. The molecule has 0 radical (unpaired) electrons. The molecular formula is C22H23NO4. The summed E-state index contributed by atoms with van der Waals surface area (Å²) >= 11 is 0. The Morgan fingerprint density at radius 3 is 2.04 bits per heavy atom. The highest BCUT2D eigenvalue weighted by Gasteiger charge is 2.19. The summed E-state index contributed by atoms with van der Waals surface area (Å²) in [6, 6.07) is 11.4. The molecule has 0 amide bonds. The Balaban J connectivity index is 1.97. The summed E-state index contributed by atoms with van der Waals surface area (Å²) in [6.07, 6.45) is 1.84. The fourth-order valence-corrected chi connectivity index (χ4v) is 2.98. The van der Waals surface area contributed by atoms with Crippen LogP contribution in [0.15, 0.2) is 42.6 Å². The van der Waals surface area contributed by atoms with Gasteiger partial charge in [0.2, 0.25) is 11.5 Å². The number of nitrogens with one attached hydrogen (secondary N) is 1. The van der Waals surface area contributed by atoms with Crippen molar-refractivity contribution in [2.45, 2.75) is 13.8 Å². The van der Waals surface area contributed by atoms with Gasteiger partial charge in [0.05, 0.1) is 27.0 Å². The van der Waals surface area contributed by atoms with E-state index in [0.717, 1.165) is 11.1 Å². The third-order valence-electron chi connectivity index (χ3n) is 4.69. The standard InChI is InChI=1S/C22H23NO4/c1-13-6-7-15(8-14(13)2)17-9-18(23-12-17)21(24)16-10-19(25-3)22(27-5)20(11-16)26-4/h6-12,23H,1-5H3. The highest BCUT2D eigenvalue weighted by molar-refractivity contribution is 6.09. The van der Waals surface area contributed by atoms with E-state index in [1.54, 1.807) is 12.1 Å². The Bertz CT molecular complexity index is 963. The molecule has 0 saturated heterocycles. The maximum atomic E-state index is 13.0. The van der Waals surface area contributed by atoms with Crippen LogP contribution in [0.1, 0.15) is 27.2 Å². The number of hydrogen-bond donors (Lipinski definition) is 1. The number of ether oxygens (including phenoxy) is 3. The molecule has 1 N–H and O–H groups in total. The molecule has 140 valence electrons. The van der Waals surface area contributed by atoms with Crippen molar-refractivity contribution in [2.75, 3.05) is 21.3 Å². The zero-order valence-electron chi connectivity index (χ0n) is 16.2. The van der Waals surface area contributed by atoms with E-state index < -0.39 is 0 Å². The van der Waals surface area contributed by atoms with Crippen molar-refractivity contribution in [1.82, 2.24) is 4.98 Å². The molecule has 0 saturated carbocycles. The monoisotopic (exact) mass is 365 g/mol. The third kappa shape index (κ3) is 3.53. The van der Waals surface area contributed by atoms with Crippen LogP contribution in [0.4, 0.5) is 0 Å². The lowest BCUT2D eigenvalue weighted by Crippen LogP contribution is -2.04. The molecule has 0 aliphatic rings. The maximum Gasteiger partial charge on any atom is 0.209 e. The van der Waals surface area contributed by atoms with Crippen LogP contribution in [0.3, 0.4) is 0 Å². The van der Waals surface area contributed by atoms with Crippen LogP contribution in [-0.4, -0.2) is 32.1 Å². The summed E-state index contributed by atoms with van der Waals surface area (Å²) < 4.78 is 16.0. The molecule has 1 aromatic heterocycles. The first-order valence-electron chi connectivity index (χ1n) is 8.59. The second-order valence-electron chi connectivity index (χ2n) is 6.34. The minimum Gasteiger partial charge on any atom is -0.493 e. The van der Waals surface area contributed by atoms with Crippen LogP contribution < -0.4 is 14.2 Å². The van der Waals surface area contributed by atoms with Crippen LogP contribution in [0.5, 0.6) is 17.2 Å². The number of hydrogen-bond acceptors (Lipinski definition) is 4. The highest BCUT2D eigenvalue weighted by atomic mass is 16.5. The zero-order valence-corrected chi connectivity index (χ0v) is 16.2. The van der Waals surface area contributed by atoms with Gasteiger partial charge in [0.25, 0.3) is 0 Å². The molecule has 0 aliphatic carbocycles. The van der Waals surface area contributed by atoms with Crippen LogP contribution in [0.2, 0.25) is 0 Å². The first kappa shape index (κ1) is 18.6. The number of benzene rings is 2. The Morgan fingerprint density at radius 2 is 1.48 bits per heavy atom. The molecule has 1 heterocycles. The van der Waals surface area contributed by atoms with Gasteiger partial charge in [0.15, 0.2) is 11.5 Å². The van der Waals surface area contributed by atoms with Gasteiger partial charge in [-0.05, 0) is 54.3 Å². The van der Waals surface area contributed by atoms with E-state index in [0.29, 0.717) is 28.5 Å². The lowest BCUT2D eigenvalue weighted by Gasteiger charge is -2.13. The highest BCUT2D eigenvalue weighted by Crippen LogP contribution is 2.38. The number of aromatic nitrogens is 1. The topological polar surface area (TPSA) is 60.6 Å². The molecule has 3 rings (SSSR count). The molecule has 27 heavy (non-hydrogen) atoms. The van der Waals surface area contributed by atoms with Gasteiger partial charge in [0.1, 0.15) is 0 Å². The number of H-pyrrole nitrogens is 1. The summed E-state index contributed by atoms with van der Waals surface area (Å²) in [5.74, 6) is 1.20. The van der Waals surface area contributed by atoms with E-state index in [9.17, 15) is 4.79 Å². The predicted octanol–water partition coefficient (Wildman–Crippen LogP) is 4.56. The smallest absolute Gasteiger partial charge is 0.209 e. The molecule has 0 aliphatic heterocycles. The average molecular weight is 365 g/mol. The van der Waals surface area contributed by atoms with Crippen molar-refractivity contribution in [3.8, 4) is 28.4 Å². The fourth-order valence-electron chi connectivity index (χ4n) is 2.98. The summed E-state index contributed by atoms with van der Waals surface area (Å²) in [7, 11) is 4.58. The van der Waals surface area contributed by atoms with Crippen molar-refractivity contribution in [3.05, 3.63) is 65.0 Å². The summed E-state index contributed by atoms with van der Waals surface area (Å²) in [5.41, 5.74) is 5.44. The van der Waals surface area contributed by atoms with Crippen molar-refractivity contribution in [3.63, 3.8) is 0 Å². The van der Waals surface area contributed by atoms with E-state index in [2.05, 4.69) is 37.0 Å². The van der Waals surface area contributed by atoms with E-state index in [1.165, 1.54) is 32.5 Å². The van der Waals surface area contributed by atoms with Gasteiger partial charge in [-0.15, -0.1) is 0 Å². The molecule has 0 spiro atoms. The third-order valence-corrected chi connectivity index (χ3v) is 4.69. The molecule has 2 aromatic carbocycles. The Hall–Kier alpha value is -3.21. The minimum absolute atomic E-state index is 0.149. The zero-order chi connectivity index (χ0) is 19.6. The number of carbonyl (C=O) groups is 1. The van der Waals surface area contributed by atoms with Crippen LogP contribution in [0.25, 0.3) is 11.1 Å². The Labute approximate surface area is 158 Å². The SMILES string of the molecule is COc1cc(C(=O)c2cc(-c3ccc(C)c(C)c3)c[nH]2)cc(OC)c1OC. The maximum absolute atomic E-state index is 13.0. The van der Waals surface area contributed by atoms with Crippen molar-refractivity contribution in [1.29, 1.82) is 0 Å². The van der Waals surface area contributed by atoms with Crippen LogP contribution in [0, 0.1) is 13.8 Å². The van der Waals surface area contributed by atoms with Gasteiger partial charge >= 0.3 is 0 Å². The molecule has 0 unspecified atom stereocenters. The van der Waals surface area contributed by atoms with Crippen molar-refractivity contribution >= 4 is 5.78 Å². The van der Waals surface area contributed by atoms with Gasteiger partial charge in [-0.3, -0.25) is 4.79 Å². The van der Waals surface area contributed by atoms with E-state index in [-0.39, 0.29) is 5.78 Å². The number of carbonyl (C=O) groups excluding carboxylic acids is 1. The van der Waals surface area contributed by atoms with Gasteiger partial charge in [-0.1, -0.05) is 18.2 Å². The molecule has 3 aromatic rings. The van der Waals surface area contributed by atoms with Gasteiger partial charge in [0, 0.05) is 11.8 Å². The summed E-state index contributed by atoms with van der Waals surface area (Å²) in [5, 5.41) is 0. The number of ketones is 1. The summed E-state index contributed by atoms with van der Waals surface area (Å²) in [6.45, 7) is 4.16. The molecule has 0 fully saturated rings. The first-order valence-corrected chi connectivity index (χ1v) is 8.59. The molecule has 0 bridgehead atoms. The molecule has 0 atom stereocenters. The van der Waals surface area contributed by atoms with Crippen LogP contribution in [-0.2, 0) is 0 Å². The second kappa shape index (κ2) is 7.58. The van der Waals surface area contributed by atoms with E-state index >= 15 is 0 Å². The lowest BCUT2D eigenvalue weighted by atomic mass is 10.0. The number of aryl methyl sites for hydroxylation is 2. The number of rotatable bonds is 6. The van der Waals surface area contributed by atoms with E-state index in [1.807, 2.05) is 12.3 Å². The fraction of sp³-hybridized carbons (Fsp3) is 0.227. The van der Waals surface area contributed by atoms with Crippen LogP contribution >= 0.6 is 0 Å². The summed E-state index contributed by atoms with van der Waals surface area (Å²) in [4.78, 5) is 16.0. The Morgan fingerprint density at radius 1 is 0.815 bits per heavy atom. The Kier molecular flexibility index (Phi) is 5.21. The second-order valence-corrected chi connectivity index (χ2v) is 6.34. The minimum atomic E-state index is -0.149.